The number of hydrogen-bond acceptors (Lipinski definition) is 5. The van der Waals surface area contributed by atoms with Crippen LogP contribution in [0.5, 0.6) is 5.75 Å². The molecule has 1 aromatic carbocycles. The number of unbranched alkanes of at least 4 members (excludes halogenated alkanes) is 1. The number of anilines is 2. The SMILES string of the molecule is CC.CCCC=C(S/C(CCC(C)C)=C(\C)CC)C(=O)Nc1cccc(CNc2ncc(Br)c3c2CCO3)c1. The van der Waals surface area contributed by atoms with Crippen LogP contribution in [0.4, 0.5) is 11.5 Å². The zero-order chi connectivity index (χ0) is 28.8. The van der Waals surface area contributed by atoms with Crippen LogP contribution in [-0.4, -0.2) is 17.5 Å². The van der Waals surface area contributed by atoms with Crippen molar-refractivity contribution >= 4 is 45.1 Å². The lowest BCUT2D eigenvalue weighted by Gasteiger charge is -2.16. The molecule has 1 aromatic heterocycles. The second kappa shape index (κ2) is 17.4. The molecule has 7 heteroatoms. The number of pyridine rings is 1. The third kappa shape index (κ3) is 10.3. The van der Waals surface area contributed by atoms with Crippen LogP contribution < -0.4 is 15.4 Å². The number of carbonyl (C=O) groups excluding carboxylic acids is 1. The lowest BCUT2D eigenvalue weighted by molar-refractivity contribution is -0.112. The molecular weight excluding hydrogens is 570 g/mol. The minimum atomic E-state index is -0.0425. The summed E-state index contributed by atoms with van der Waals surface area (Å²) in [6, 6.07) is 8.00. The first-order valence-corrected chi connectivity index (χ1v) is 15.9. The summed E-state index contributed by atoms with van der Waals surface area (Å²) >= 11 is 5.16. The van der Waals surface area contributed by atoms with Crippen molar-refractivity contribution in [3.8, 4) is 5.75 Å². The number of thioether (sulfide) groups is 1. The van der Waals surface area contributed by atoms with Crippen LogP contribution in [0.1, 0.15) is 91.7 Å². The van der Waals surface area contributed by atoms with Gasteiger partial charge >= 0.3 is 0 Å². The average Bonchev–Trinajstić information content (AvgIpc) is 3.44. The lowest BCUT2D eigenvalue weighted by Crippen LogP contribution is -2.14. The van der Waals surface area contributed by atoms with Gasteiger partial charge in [0.05, 0.1) is 16.0 Å². The highest BCUT2D eigenvalue weighted by Gasteiger charge is 2.20. The van der Waals surface area contributed by atoms with Crippen molar-refractivity contribution in [3.63, 3.8) is 0 Å². The van der Waals surface area contributed by atoms with Crippen LogP contribution >= 0.6 is 27.7 Å². The Labute approximate surface area is 248 Å². The Balaban J connectivity index is 0.00000260. The second-order valence-corrected chi connectivity index (χ2v) is 11.8. The van der Waals surface area contributed by atoms with Gasteiger partial charge in [0.1, 0.15) is 11.6 Å². The molecule has 3 rings (SSSR count). The zero-order valence-electron chi connectivity index (χ0n) is 24.7. The standard InChI is InChI=1S/C30H40BrN3O2S.C2H6/c1-6-8-12-27(37-26(21(5)7-2)14-13-20(3)4)30(35)34-23-11-9-10-22(17-23)18-32-29-24-15-16-36-28(24)25(31)19-33-29;1-2/h9-12,17,19-20H,6-8,13-16,18H2,1-5H3,(H,32,33)(H,34,35);1-2H3/b26-21+,27-12?;. The monoisotopic (exact) mass is 615 g/mol. The fourth-order valence-electron chi connectivity index (χ4n) is 4.00. The molecule has 0 spiro atoms. The first-order chi connectivity index (χ1) is 18.8. The Morgan fingerprint density at radius 2 is 2.03 bits per heavy atom. The Kier molecular flexibility index (Phi) is 14.7. The van der Waals surface area contributed by atoms with Crippen LogP contribution in [0.25, 0.3) is 0 Å². The summed E-state index contributed by atoms with van der Waals surface area (Å²) in [5, 5.41) is 6.59. The van der Waals surface area contributed by atoms with Crippen LogP contribution in [0.3, 0.4) is 0 Å². The van der Waals surface area contributed by atoms with E-state index in [9.17, 15) is 4.79 Å². The summed E-state index contributed by atoms with van der Waals surface area (Å²) < 4.78 is 6.61. The molecule has 2 aromatic rings. The third-order valence-electron chi connectivity index (χ3n) is 6.36. The largest absolute Gasteiger partial charge is 0.492 e. The topological polar surface area (TPSA) is 63.2 Å². The van der Waals surface area contributed by atoms with Crippen molar-refractivity contribution in [3.05, 3.63) is 67.5 Å². The molecule has 0 bridgehead atoms. The number of halogens is 1. The fraction of sp³-hybridized carbons (Fsp3) is 0.500. The van der Waals surface area contributed by atoms with Gasteiger partial charge in [-0.1, -0.05) is 83.5 Å². The maximum absolute atomic E-state index is 13.4. The van der Waals surface area contributed by atoms with E-state index in [0.29, 0.717) is 19.1 Å². The highest BCUT2D eigenvalue weighted by atomic mass is 79.9. The summed E-state index contributed by atoms with van der Waals surface area (Å²) in [4.78, 5) is 20.0. The summed E-state index contributed by atoms with van der Waals surface area (Å²) in [6.07, 6.45) is 9.74. The lowest BCUT2D eigenvalue weighted by atomic mass is 10.1. The van der Waals surface area contributed by atoms with E-state index in [-0.39, 0.29) is 5.91 Å². The van der Waals surface area contributed by atoms with Crippen molar-refractivity contribution in [2.45, 2.75) is 93.5 Å². The first-order valence-electron chi connectivity index (χ1n) is 14.3. The molecule has 1 aliphatic rings. The van der Waals surface area contributed by atoms with Crippen LogP contribution in [0, 0.1) is 5.92 Å². The molecule has 1 amide bonds. The number of carbonyl (C=O) groups is 1. The first kappa shape index (κ1) is 33.0. The van der Waals surface area contributed by atoms with Gasteiger partial charge in [-0.15, -0.1) is 0 Å². The van der Waals surface area contributed by atoms with Gasteiger partial charge in [0, 0.05) is 30.4 Å². The number of aromatic nitrogens is 1. The minimum Gasteiger partial charge on any atom is -0.492 e. The molecule has 214 valence electrons. The van der Waals surface area contributed by atoms with Gasteiger partial charge in [-0.25, -0.2) is 4.98 Å². The summed E-state index contributed by atoms with van der Waals surface area (Å²) in [5.74, 6) is 2.31. The molecule has 39 heavy (non-hydrogen) atoms. The second-order valence-electron chi connectivity index (χ2n) is 9.82. The van der Waals surface area contributed by atoms with E-state index in [1.807, 2.05) is 32.0 Å². The summed E-state index contributed by atoms with van der Waals surface area (Å²) in [5.41, 5.74) is 4.34. The van der Waals surface area contributed by atoms with Crippen molar-refractivity contribution in [1.29, 1.82) is 0 Å². The average molecular weight is 617 g/mol. The highest BCUT2D eigenvalue weighted by Crippen LogP contribution is 2.37. The number of ether oxygens (including phenoxy) is 1. The van der Waals surface area contributed by atoms with Crippen molar-refractivity contribution in [2.75, 3.05) is 17.2 Å². The molecule has 0 unspecified atom stereocenters. The summed E-state index contributed by atoms with van der Waals surface area (Å²) in [7, 11) is 0. The van der Waals surface area contributed by atoms with Gasteiger partial charge in [-0.3, -0.25) is 4.79 Å². The van der Waals surface area contributed by atoms with Gasteiger partial charge in [0.2, 0.25) is 0 Å². The normalized spacial score (nSPS) is 13.2. The Morgan fingerprint density at radius 3 is 2.72 bits per heavy atom. The Morgan fingerprint density at radius 1 is 1.26 bits per heavy atom. The minimum absolute atomic E-state index is 0.0425. The van der Waals surface area contributed by atoms with E-state index >= 15 is 0 Å². The molecule has 0 aliphatic carbocycles. The summed E-state index contributed by atoms with van der Waals surface area (Å²) in [6.45, 7) is 16.3. The van der Waals surface area contributed by atoms with E-state index < -0.39 is 0 Å². The fourth-order valence-corrected chi connectivity index (χ4v) is 5.60. The predicted molar refractivity (Wildman–Crippen MR) is 173 cm³/mol. The highest BCUT2D eigenvalue weighted by molar-refractivity contribution is 9.10. The van der Waals surface area contributed by atoms with Crippen molar-refractivity contribution in [2.24, 2.45) is 5.92 Å². The molecule has 0 atom stereocenters. The Hall–Kier alpha value is -2.25. The van der Waals surface area contributed by atoms with Crippen molar-refractivity contribution < 1.29 is 9.53 Å². The number of rotatable bonds is 13. The van der Waals surface area contributed by atoms with Crippen molar-refractivity contribution in [1.82, 2.24) is 4.98 Å². The van der Waals surface area contributed by atoms with E-state index in [4.69, 9.17) is 4.74 Å². The maximum Gasteiger partial charge on any atom is 0.262 e. The van der Waals surface area contributed by atoms with Crippen LogP contribution in [0.15, 0.2) is 56.4 Å². The number of benzene rings is 1. The van der Waals surface area contributed by atoms with Gasteiger partial charge in [0.15, 0.2) is 0 Å². The van der Waals surface area contributed by atoms with E-state index in [0.717, 1.165) is 76.3 Å². The molecule has 0 saturated heterocycles. The predicted octanol–water partition coefficient (Wildman–Crippen LogP) is 9.89. The number of nitrogens with zero attached hydrogens (tertiary/aromatic N) is 1. The number of fused-ring (bicyclic) bond motifs is 1. The molecule has 0 radical (unpaired) electrons. The molecule has 2 heterocycles. The number of hydrogen-bond donors (Lipinski definition) is 2. The van der Waals surface area contributed by atoms with E-state index in [2.05, 4.69) is 78.3 Å². The zero-order valence-corrected chi connectivity index (χ0v) is 27.2. The van der Waals surface area contributed by atoms with Crippen LogP contribution in [0.2, 0.25) is 0 Å². The molecule has 2 N–H and O–H groups in total. The van der Waals surface area contributed by atoms with E-state index in [1.54, 1.807) is 18.0 Å². The molecule has 0 fully saturated rings. The molecule has 1 aliphatic heterocycles. The molecule has 5 nitrogen and oxygen atoms in total. The quantitative estimate of drug-likeness (QED) is 0.219. The third-order valence-corrected chi connectivity index (χ3v) is 8.29. The van der Waals surface area contributed by atoms with Gasteiger partial charge in [-0.2, -0.15) is 0 Å². The van der Waals surface area contributed by atoms with Crippen LogP contribution in [-0.2, 0) is 17.8 Å². The van der Waals surface area contributed by atoms with Gasteiger partial charge < -0.3 is 15.4 Å². The van der Waals surface area contributed by atoms with E-state index in [1.165, 1.54) is 10.5 Å². The number of allylic oxidation sites excluding steroid dienone is 3. The van der Waals surface area contributed by atoms with Gasteiger partial charge in [0.25, 0.3) is 5.91 Å². The number of amides is 1. The molecule has 0 saturated carbocycles. The smallest absolute Gasteiger partial charge is 0.262 e. The molecular formula is C32H46BrN3O2S. The van der Waals surface area contributed by atoms with Gasteiger partial charge in [-0.05, 0) is 77.1 Å². The Bertz CT molecular complexity index is 1140. The maximum atomic E-state index is 13.4. The number of nitrogens with one attached hydrogen (secondary N) is 2.